The first kappa shape index (κ1) is 14.0. The van der Waals surface area contributed by atoms with Crippen molar-refractivity contribution in [2.24, 2.45) is 5.73 Å². The van der Waals surface area contributed by atoms with Gasteiger partial charge in [-0.3, -0.25) is 4.79 Å². The summed E-state index contributed by atoms with van der Waals surface area (Å²) in [6.07, 6.45) is 1.87. The molecule has 0 fully saturated rings. The van der Waals surface area contributed by atoms with Crippen molar-refractivity contribution in [2.75, 3.05) is 6.54 Å². The van der Waals surface area contributed by atoms with E-state index in [0.717, 1.165) is 18.4 Å². The molecule has 3 nitrogen and oxygen atoms in total. The molecule has 0 aliphatic heterocycles. The molecule has 0 saturated carbocycles. The van der Waals surface area contributed by atoms with Gasteiger partial charge < -0.3 is 11.1 Å². The van der Waals surface area contributed by atoms with Crippen molar-refractivity contribution in [1.29, 1.82) is 0 Å². The number of carbonyl (C=O) groups excluding carboxylic acids is 1. The molecule has 3 N–H and O–H groups in total. The number of nitrogens with one attached hydrogen (secondary N) is 1. The van der Waals surface area contributed by atoms with Crippen LogP contribution < -0.4 is 11.1 Å². The third kappa shape index (κ3) is 3.72. The fourth-order valence-electron chi connectivity index (χ4n) is 1.68. The number of rotatable bonds is 5. The predicted molar refractivity (Wildman–Crippen MR) is 71.4 cm³/mol. The van der Waals surface area contributed by atoms with Crippen LogP contribution in [-0.4, -0.2) is 18.5 Å². The SMILES string of the molecule is CCCC(CN)NC(=O)c1cccc(C)c1Cl. The van der Waals surface area contributed by atoms with Gasteiger partial charge in [0.05, 0.1) is 10.6 Å². The topological polar surface area (TPSA) is 55.1 Å². The second-order valence-electron chi connectivity index (χ2n) is 4.13. The number of hydrogen-bond donors (Lipinski definition) is 2. The molecule has 1 amide bonds. The average molecular weight is 255 g/mol. The molecule has 0 radical (unpaired) electrons. The highest BCUT2D eigenvalue weighted by Crippen LogP contribution is 2.20. The van der Waals surface area contributed by atoms with Crippen molar-refractivity contribution in [1.82, 2.24) is 5.32 Å². The van der Waals surface area contributed by atoms with Crippen LogP contribution in [0.4, 0.5) is 0 Å². The molecule has 1 rings (SSSR count). The van der Waals surface area contributed by atoms with Crippen LogP contribution in [0, 0.1) is 6.92 Å². The van der Waals surface area contributed by atoms with Crippen molar-refractivity contribution in [3.8, 4) is 0 Å². The van der Waals surface area contributed by atoms with Crippen LogP contribution in [-0.2, 0) is 0 Å². The molecular weight excluding hydrogens is 236 g/mol. The highest BCUT2D eigenvalue weighted by atomic mass is 35.5. The van der Waals surface area contributed by atoms with Gasteiger partial charge in [-0.2, -0.15) is 0 Å². The second kappa shape index (κ2) is 6.62. The lowest BCUT2D eigenvalue weighted by molar-refractivity contribution is 0.0936. The van der Waals surface area contributed by atoms with Crippen LogP contribution in [0.5, 0.6) is 0 Å². The molecule has 0 heterocycles. The normalized spacial score (nSPS) is 12.2. The standard InChI is InChI=1S/C13H19ClN2O/c1-3-5-10(8-15)16-13(17)11-7-4-6-9(2)12(11)14/h4,6-7,10H,3,5,8,15H2,1-2H3,(H,16,17). The lowest BCUT2D eigenvalue weighted by atomic mass is 10.1. The molecule has 0 saturated heterocycles. The van der Waals surface area contributed by atoms with Crippen molar-refractivity contribution >= 4 is 17.5 Å². The zero-order valence-electron chi connectivity index (χ0n) is 10.3. The number of hydrogen-bond acceptors (Lipinski definition) is 2. The van der Waals surface area contributed by atoms with E-state index in [1.54, 1.807) is 6.07 Å². The third-order valence-electron chi connectivity index (χ3n) is 2.69. The van der Waals surface area contributed by atoms with Gasteiger partial charge in [0.15, 0.2) is 0 Å². The van der Waals surface area contributed by atoms with E-state index < -0.39 is 0 Å². The van der Waals surface area contributed by atoms with Crippen molar-refractivity contribution < 1.29 is 4.79 Å². The van der Waals surface area contributed by atoms with Gasteiger partial charge in [-0.1, -0.05) is 37.1 Å². The first-order valence-electron chi connectivity index (χ1n) is 5.86. The molecular formula is C13H19ClN2O. The summed E-state index contributed by atoms with van der Waals surface area (Å²) in [7, 11) is 0. The van der Waals surface area contributed by atoms with Gasteiger partial charge in [0.1, 0.15) is 0 Å². The Morgan fingerprint density at radius 2 is 2.24 bits per heavy atom. The van der Waals surface area contributed by atoms with Crippen LogP contribution in [0.15, 0.2) is 18.2 Å². The summed E-state index contributed by atoms with van der Waals surface area (Å²) < 4.78 is 0. The third-order valence-corrected chi connectivity index (χ3v) is 3.19. The maximum atomic E-state index is 12.0. The van der Waals surface area contributed by atoms with Crippen molar-refractivity contribution in [3.63, 3.8) is 0 Å². The first-order chi connectivity index (χ1) is 8.10. The molecule has 0 aliphatic carbocycles. The zero-order chi connectivity index (χ0) is 12.8. The maximum absolute atomic E-state index is 12.0. The molecule has 0 aliphatic rings. The van der Waals surface area contributed by atoms with Crippen LogP contribution in [0.2, 0.25) is 5.02 Å². The highest BCUT2D eigenvalue weighted by Gasteiger charge is 2.15. The lowest BCUT2D eigenvalue weighted by Crippen LogP contribution is -2.40. The Labute approximate surface area is 107 Å². The Hall–Kier alpha value is -1.06. The van der Waals surface area contributed by atoms with Gasteiger partial charge in [-0.25, -0.2) is 0 Å². The van der Waals surface area contributed by atoms with Crippen LogP contribution in [0.3, 0.4) is 0 Å². The van der Waals surface area contributed by atoms with Gasteiger partial charge in [-0.05, 0) is 25.0 Å². The van der Waals surface area contributed by atoms with E-state index in [1.807, 2.05) is 19.1 Å². The number of nitrogens with two attached hydrogens (primary N) is 1. The quantitative estimate of drug-likeness (QED) is 0.848. The van der Waals surface area contributed by atoms with E-state index in [9.17, 15) is 4.79 Å². The average Bonchev–Trinajstić information content (AvgIpc) is 2.31. The largest absolute Gasteiger partial charge is 0.348 e. The van der Waals surface area contributed by atoms with E-state index in [2.05, 4.69) is 12.2 Å². The van der Waals surface area contributed by atoms with Crippen LogP contribution >= 0.6 is 11.6 Å². The van der Waals surface area contributed by atoms with Crippen LogP contribution in [0.25, 0.3) is 0 Å². The summed E-state index contributed by atoms with van der Waals surface area (Å²) in [4.78, 5) is 12.0. The molecule has 17 heavy (non-hydrogen) atoms. The molecule has 94 valence electrons. The van der Waals surface area contributed by atoms with Crippen molar-refractivity contribution in [2.45, 2.75) is 32.7 Å². The summed E-state index contributed by atoms with van der Waals surface area (Å²) in [5.41, 5.74) is 7.02. The fourth-order valence-corrected chi connectivity index (χ4v) is 1.90. The lowest BCUT2D eigenvalue weighted by Gasteiger charge is -2.16. The van der Waals surface area contributed by atoms with Gasteiger partial charge in [-0.15, -0.1) is 0 Å². The van der Waals surface area contributed by atoms with Gasteiger partial charge in [0.25, 0.3) is 5.91 Å². The Morgan fingerprint density at radius 3 is 2.82 bits per heavy atom. The van der Waals surface area contributed by atoms with E-state index in [4.69, 9.17) is 17.3 Å². The minimum Gasteiger partial charge on any atom is -0.348 e. The molecule has 1 aromatic rings. The monoisotopic (exact) mass is 254 g/mol. The Morgan fingerprint density at radius 1 is 1.53 bits per heavy atom. The van der Waals surface area contributed by atoms with Gasteiger partial charge in [0, 0.05) is 12.6 Å². The van der Waals surface area contributed by atoms with E-state index in [1.165, 1.54) is 0 Å². The number of benzene rings is 1. The van der Waals surface area contributed by atoms with Gasteiger partial charge >= 0.3 is 0 Å². The van der Waals surface area contributed by atoms with Crippen LogP contribution in [0.1, 0.15) is 35.7 Å². The molecule has 0 spiro atoms. The fraction of sp³-hybridized carbons (Fsp3) is 0.462. The summed E-state index contributed by atoms with van der Waals surface area (Å²) in [5, 5.41) is 3.41. The second-order valence-corrected chi connectivity index (χ2v) is 4.51. The summed E-state index contributed by atoms with van der Waals surface area (Å²) in [6.45, 7) is 4.39. The molecule has 0 bridgehead atoms. The first-order valence-corrected chi connectivity index (χ1v) is 6.24. The molecule has 1 aromatic carbocycles. The zero-order valence-corrected chi connectivity index (χ0v) is 11.1. The number of aryl methyl sites for hydroxylation is 1. The smallest absolute Gasteiger partial charge is 0.253 e. The Balaban J connectivity index is 2.79. The summed E-state index contributed by atoms with van der Waals surface area (Å²) >= 11 is 6.10. The van der Waals surface area contributed by atoms with E-state index in [-0.39, 0.29) is 11.9 Å². The summed E-state index contributed by atoms with van der Waals surface area (Å²) in [5.74, 6) is -0.150. The minimum absolute atomic E-state index is 0.0177. The summed E-state index contributed by atoms with van der Waals surface area (Å²) in [6, 6.07) is 5.45. The van der Waals surface area contributed by atoms with E-state index >= 15 is 0 Å². The molecule has 1 unspecified atom stereocenters. The van der Waals surface area contributed by atoms with E-state index in [0.29, 0.717) is 17.1 Å². The minimum atomic E-state index is -0.150. The predicted octanol–water partition coefficient (Wildman–Crippen LogP) is 2.51. The molecule has 0 aromatic heterocycles. The maximum Gasteiger partial charge on any atom is 0.253 e. The highest BCUT2D eigenvalue weighted by molar-refractivity contribution is 6.34. The Kier molecular flexibility index (Phi) is 5.45. The van der Waals surface area contributed by atoms with Crippen molar-refractivity contribution in [3.05, 3.63) is 34.3 Å². The number of carbonyl (C=O) groups is 1. The van der Waals surface area contributed by atoms with Gasteiger partial charge in [0.2, 0.25) is 0 Å². The number of amides is 1. The Bertz CT molecular complexity index is 393. The number of halogens is 1. The molecule has 1 atom stereocenters. The molecule has 4 heteroatoms.